The molecule has 0 bridgehead atoms. The number of nitrogens with zero attached hydrogens (tertiary/aromatic N) is 2. The number of thiophene rings is 1. The van der Waals surface area contributed by atoms with E-state index in [1.165, 1.54) is 0 Å². The van der Waals surface area contributed by atoms with Gasteiger partial charge in [-0.15, -0.1) is 11.3 Å². The van der Waals surface area contributed by atoms with Crippen LogP contribution in [0.2, 0.25) is 0 Å². The fraction of sp³-hybridized carbons (Fsp3) is 0.143. The average molecular weight is 335 g/mol. The van der Waals surface area contributed by atoms with E-state index >= 15 is 0 Å². The number of benzene rings is 1. The molecular formula is C14H11BrN2OS. The van der Waals surface area contributed by atoms with Crippen molar-refractivity contribution in [2.24, 2.45) is 0 Å². The molecule has 19 heavy (non-hydrogen) atoms. The molecule has 5 heteroatoms. The van der Waals surface area contributed by atoms with Crippen LogP contribution in [0.5, 0.6) is 0 Å². The molecule has 0 amide bonds. The number of rotatable bonds is 3. The standard InChI is InChI=1S/C14H11BrN2OS/c15-9-6-10(19-8-9)7-13(18)11-2-1-3-12-14(11)17-5-4-16-12/h1-6,8,13,18H,7H2. The van der Waals surface area contributed by atoms with E-state index in [1.807, 2.05) is 29.6 Å². The molecule has 0 aliphatic carbocycles. The van der Waals surface area contributed by atoms with Crippen molar-refractivity contribution in [3.8, 4) is 0 Å². The molecule has 1 atom stereocenters. The Hall–Kier alpha value is -1.30. The van der Waals surface area contributed by atoms with Crippen LogP contribution >= 0.6 is 27.3 Å². The van der Waals surface area contributed by atoms with Gasteiger partial charge in [0.1, 0.15) is 0 Å². The molecule has 0 fully saturated rings. The number of aliphatic hydroxyl groups excluding tert-OH is 1. The lowest BCUT2D eigenvalue weighted by Gasteiger charge is -2.11. The summed E-state index contributed by atoms with van der Waals surface area (Å²) in [7, 11) is 0. The Morgan fingerprint density at radius 1 is 1.26 bits per heavy atom. The van der Waals surface area contributed by atoms with Gasteiger partial charge in [-0.05, 0) is 28.1 Å². The molecule has 1 unspecified atom stereocenters. The van der Waals surface area contributed by atoms with Crippen LogP contribution in [0.4, 0.5) is 0 Å². The van der Waals surface area contributed by atoms with Gasteiger partial charge < -0.3 is 5.11 Å². The zero-order chi connectivity index (χ0) is 13.2. The summed E-state index contributed by atoms with van der Waals surface area (Å²) in [6.45, 7) is 0. The van der Waals surface area contributed by atoms with Gasteiger partial charge >= 0.3 is 0 Å². The number of para-hydroxylation sites is 1. The van der Waals surface area contributed by atoms with E-state index in [2.05, 4.69) is 25.9 Å². The second-order valence-corrected chi connectivity index (χ2v) is 6.13. The van der Waals surface area contributed by atoms with Crippen LogP contribution in [-0.2, 0) is 6.42 Å². The van der Waals surface area contributed by atoms with Gasteiger partial charge in [0.05, 0.1) is 17.1 Å². The number of halogens is 1. The minimum Gasteiger partial charge on any atom is -0.388 e. The molecule has 0 spiro atoms. The Morgan fingerprint density at radius 2 is 2.11 bits per heavy atom. The van der Waals surface area contributed by atoms with E-state index in [1.54, 1.807) is 23.7 Å². The molecule has 0 aliphatic rings. The van der Waals surface area contributed by atoms with Gasteiger partial charge in [0, 0.05) is 39.1 Å². The zero-order valence-electron chi connectivity index (χ0n) is 9.95. The van der Waals surface area contributed by atoms with Crippen molar-refractivity contribution in [1.29, 1.82) is 0 Å². The predicted octanol–water partition coefficient (Wildman–Crippen LogP) is 3.73. The Morgan fingerprint density at radius 3 is 2.89 bits per heavy atom. The van der Waals surface area contributed by atoms with E-state index in [-0.39, 0.29) is 0 Å². The van der Waals surface area contributed by atoms with Crippen LogP contribution in [0.3, 0.4) is 0 Å². The summed E-state index contributed by atoms with van der Waals surface area (Å²) in [6.07, 6.45) is 3.34. The first-order chi connectivity index (χ1) is 9.24. The minimum absolute atomic E-state index is 0.564. The highest BCUT2D eigenvalue weighted by Crippen LogP contribution is 2.28. The van der Waals surface area contributed by atoms with Crippen molar-refractivity contribution in [2.45, 2.75) is 12.5 Å². The lowest BCUT2D eigenvalue weighted by Crippen LogP contribution is -2.02. The molecule has 3 nitrogen and oxygen atoms in total. The quantitative estimate of drug-likeness (QED) is 0.793. The molecule has 3 aromatic rings. The van der Waals surface area contributed by atoms with E-state index in [0.717, 1.165) is 25.9 Å². The number of hydrogen-bond donors (Lipinski definition) is 1. The Balaban J connectivity index is 1.95. The average Bonchev–Trinajstić information content (AvgIpc) is 2.83. The first kappa shape index (κ1) is 12.7. The first-order valence-electron chi connectivity index (χ1n) is 5.84. The van der Waals surface area contributed by atoms with Crippen molar-refractivity contribution in [1.82, 2.24) is 9.97 Å². The van der Waals surface area contributed by atoms with Gasteiger partial charge in [-0.3, -0.25) is 9.97 Å². The molecule has 0 radical (unpaired) electrons. The van der Waals surface area contributed by atoms with E-state index in [0.29, 0.717) is 6.42 Å². The summed E-state index contributed by atoms with van der Waals surface area (Å²) in [6, 6.07) is 7.75. The SMILES string of the molecule is OC(Cc1cc(Br)cs1)c1cccc2nccnc12. The van der Waals surface area contributed by atoms with Crippen molar-refractivity contribution < 1.29 is 5.11 Å². The van der Waals surface area contributed by atoms with Gasteiger partial charge in [0.25, 0.3) is 0 Å². The lowest BCUT2D eigenvalue weighted by atomic mass is 10.0. The smallest absolute Gasteiger partial charge is 0.0944 e. The molecule has 1 aromatic carbocycles. The highest BCUT2D eigenvalue weighted by Gasteiger charge is 2.14. The molecule has 0 saturated carbocycles. The third kappa shape index (κ3) is 2.68. The van der Waals surface area contributed by atoms with Crippen molar-refractivity contribution >= 4 is 38.3 Å². The lowest BCUT2D eigenvalue weighted by molar-refractivity contribution is 0.181. The summed E-state index contributed by atoms with van der Waals surface area (Å²) in [5.74, 6) is 0. The first-order valence-corrected chi connectivity index (χ1v) is 7.52. The number of aromatic nitrogens is 2. The van der Waals surface area contributed by atoms with Crippen LogP contribution in [0, 0.1) is 0 Å². The van der Waals surface area contributed by atoms with Gasteiger partial charge in [-0.1, -0.05) is 12.1 Å². The maximum absolute atomic E-state index is 10.4. The van der Waals surface area contributed by atoms with Gasteiger partial charge in [-0.2, -0.15) is 0 Å². The monoisotopic (exact) mass is 334 g/mol. The molecule has 2 heterocycles. The molecule has 2 aromatic heterocycles. The van der Waals surface area contributed by atoms with Crippen LogP contribution in [0.15, 0.2) is 46.5 Å². The van der Waals surface area contributed by atoms with Gasteiger partial charge in [0.15, 0.2) is 0 Å². The van der Waals surface area contributed by atoms with Crippen LogP contribution < -0.4 is 0 Å². The van der Waals surface area contributed by atoms with E-state index in [4.69, 9.17) is 0 Å². The third-order valence-electron chi connectivity index (χ3n) is 2.91. The van der Waals surface area contributed by atoms with Crippen LogP contribution in [0.25, 0.3) is 11.0 Å². The minimum atomic E-state index is -0.564. The highest BCUT2D eigenvalue weighted by atomic mass is 79.9. The second kappa shape index (κ2) is 5.36. The molecule has 96 valence electrons. The second-order valence-electron chi connectivity index (χ2n) is 4.22. The molecule has 0 saturated heterocycles. The zero-order valence-corrected chi connectivity index (χ0v) is 12.4. The maximum Gasteiger partial charge on any atom is 0.0944 e. The molecule has 1 N–H and O–H groups in total. The summed E-state index contributed by atoms with van der Waals surface area (Å²) in [5, 5.41) is 12.4. The van der Waals surface area contributed by atoms with Crippen molar-refractivity contribution in [2.75, 3.05) is 0 Å². The predicted molar refractivity (Wildman–Crippen MR) is 80.2 cm³/mol. The third-order valence-corrected chi connectivity index (χ3v) is 4.63. The summed E-state index contributed by atoms with van der Waals surface area (Å²) in [5.41, 5.74) is 2.41. The molecular weight excluding hydrogens is 324 g/mol. The topological polar surface area (TPSA) is 46.0 Å². The molecule has 0 aliphatic heterocycles. The number of aliphatic hydroxyl groups is 1. The Bertz CT molecular complexity index is 708. The molecule has 3 rings (SSSR count). The largest absolute Gasteiger partial charge is 0.388 e. The summed E-state index contributed by atoms with van der Waals surface area (Å²) >= 11 is 5.06. The fourth-order valence-corrected chi connectivity index (χ4v) is 3.53. The number of hydrogen-bond acceptors (Lipinski definition) is 4. The Labute approximate surface area is 123 Å². The van der Waals surface area contributed by atoms with Crippen molar-refractivity contribution in [3.05, 3.63) is 57.0 Å². The van der Waals surface area contributed by atoms with Gasteiger partial charge in [0.2, 0.25) is 0 Å². The Kier molecular flexibility index (Phi) is 3.59. The van der Waals surface area contributed by atoms with Crippen LogP contribution in [0.1, 0.15) is 16.5 Å². The highest BCUT2D eigenvalue weighted by molar-refractivity contribution is 9.10. The fourth-order valence-electron chi connectivity index (χ4n) is 2.05. The maximum atomic E-state index is 10.4. The van der Waals surface area contributed by atoms with Gasteiger partial charge in [-0.25, -0.2) is 0 Å². The van der Waals surface area contributed by atoms with Crippen molar-refractivity contribution in [3.63, 3.8) is 0 Å². The number of fused-ring (bicyclic) bond motifs is 1. The van der Waals surface area contributed by atoms with E-state index in [9.17, 15) is 5.11 Å². The van der Waals surface area contributed by atoms with E-state index < -0.39 is 6.10 Å². The summed E-state index contributed by atoms with van der Waals surface area (Å²) < 4.78 is 1.05. The normalized spacial score (nSPS) is 12.7. The summed E-state index contributed by atoms with van der Waals surface area (Å²) in [4.78, 5) is 9.72. The van der Waals surface area contributed by atoms with Crippen LogP contribution in [-0.4, -0.2) is 15.1 Å².